The van der Waals surface area contributed by atoms with Crippen LogP contribution in [0, 0.1) is 33.5 Å². The van der Waals surface area contributed by atoms with Crippen molar-refractivity contribution in [2.45, 2.75) is 47.1 Å². The van der Waals surface area contributed by atoms with Gasteiger partial charge in [0.1, 0.15) is 30.5 Å². The van der Waals surface area contributed by atoms with Crippen LogP contribution in [0.5, 0.6) is 11.5 Å². The smallest absolute Gasteiger partial charge is 0.416 e. The maximum atomic E-state index is 13.0. The van der Waals surface area contributed by atoms with Gasteiger partial charge in [-0.15, -0.1) is 0 Å². The van der Waals surface area contributed by atoms with Crippen LogP contribution in [-0.4, -0.2) is 0 Å². The summed E-state index contributed by atoms with van der Waals surface area (Å²) in [6.07, 6.45) is -4.38. The Morgan fingerprint density at radius 1 is 0.641 bits per heavy atom. The number of anilines is 2. The van der Waals surface area contributed by atoms with Gasteiger partial charge in [-0.2, -0.15) is 13.2 Å². The van der Waals surface area contributed by atoms with Crippen molar-refractivity contribution < 1.29 is 27.0 Å². The summed E-state index contributed by atoms with van der Waals surface area (Å²) in [4.78, 5) is 0. The third-order valence-corrected chi connectivity index (χ3v) is 6.15. The molecule has 0 aliphatic rings. The SMILES string of the molecule is Cc1cc(OCc2cccc(F)c2)cc(C)c1N.Cc1cc(OCc2ccccc2C(F)(F)F)cc(C)c1N. The summed E-state index contributed by atoms with van der Waals surface area (Å²) in [6.45, 7) is 7.76. The van der Waals surface area contributed by atoms with Gasteiger partial charge < -0.3 is 20.9 Å². The molecule has 4 rings (SSSR count). The van der Waals surface area contributed by atoms with Crippen molar-refractivity contribution in [1.29, 1.82) is 0 Å². The molecule has 39 heavy (non-hydrogen) atoms. The van der Waals surface area contributed by atoms with Crippen LogP contribution in [-0.2, 0) is 19.4 Å². The lowest BCUT2D eigenvalue weighted by Crippen LogP contribution is -2.10. The molecule has 4 aromatic carbocycles. The molecule has 0 fully saturated rings. The Morgan fingerprint density at radius 3 is 1.62 bits per heavy atom. The van der Waals surface area contributed by atoms with Gasteiger partial charge in [0, 0.05) is 16.9 Å². The zero-order valence-electron chi connectivity index (χ0n) is 22.3. The van der Waals surface area contributed by atoms with Crippen molar-refractivity contribution in [3.63, 3.8) is 0 Å². The highest BCUT2D eigenvalue weighted by Crippen LogP contribution is 2.33. The number of nitrogen functional groups attached to an aromatic ring is 2. The van der Waals surface area contributed by atoms with Crippen LogP contribution in [0.25, 0.3) is 0 Å². The summed E-state index contributed by atoms with van der Waals surface area (Å²) in [5, 5.41) is 0. The van der Waals surface area contributed by atoms with E-state index >= 15 is 0 Å². The predicted octanol–water partition coefficient (Wildman–Crippen LogP) is 8.09. The van der Waals surface area contributed by atoms with E-state index in [2.05, 4.69) is 0 Å². The van der Waals surface area contributed by atoms with E-state index in [4.69, 9.17) is 20.9 Å². The number of benzene rings is 4. The third kappa shape index (κ3) is 8.14. The molecule has 0 saturated heterocycles. The summed E-state index contributed by atoms with van der Waals surface area (Å²) in [7, 11) is 0. The molecule has 0 aliphatic carbocycles. The lowest BCUT2D eigenvalue weighted by atomic mass is 10.1. The molecule has 0 spiro atoms. The number of aryl methyl sites for hydroxylation is 4. The minimum Gasteiger partial charge on any atom is -0.489 e. The van der Waals surface area contributed by atoms with E-state index in [9.17, 15) is 17.6 Å². The van der Waals surface area contributed by atoms with Crippen LogP contribution in [0.4, 0.5) is 28.9 Å². The number of ether oxygens (including phenoxy) is 2. The van der Waals surface area contributed by atoms with Gasteiger partial charge in [-0.05, 0) is 98.0 Å². The van der Waals surface area contributed by atoms with E-state index in [0.29, 0.717) is 18.0 Å². The van der Waals surface area contributed by atoms with Crippen LogP contribution >= 0.6 is 0 Å². The molecule has 8 heteroatoms. The van der Waals surface area contributed by atoms with Gasteiger partial charge >= 0.3 is 6.18 Å². The van der Waals surface area contributed by atoms with Gasteiger partial charge in [0.05, 0.1) is 5.56 Å². The van der Waals surface area contributed by atoms with Crippen molar-refractivity contribution in [3.8, 4) is 11.5 Å². The Kier molecular flexibility index (Phi) is 9.46. The quantitative estimate of drug-likeness (QED) is 0.192. The van der Waals surface area contributed by atoms with Gasteiger partial charge in [-0.1, -0.05) is 30.3 Å². The van der Waals surface area contributed by atoms with Crippen LogP contribution < -0.4 is 20.9 Å². The third-order valence-electron chi connectivity index (χ3n) is 6.15. The Hall–Kier alpha value is -4.20. The van der Waals surface area contributed by atoms with E-state index in [0.717, 1.165) is 45.3 Å². The summed E-state index contributed by atoms with van der Waals surface area (Å²) in [5.74, 6) is 1.01. The van der Waals surface area contributed by atoms with Gasteiger partial charge in [0.2, 0.25) is 0 Å². The molecule has 0 bridgehead atoms. The fourth-order valence-corrected chi connectivity index (χ4v) is 3.91. The molecule has 0 saturated carbocycles. The number of hydrogen-bond donors (Lipinski definition) is 2. The van der Waals surface area contributed by atoms with Crippen molar-refractivity contribution in [2.24, 2.45) is 0 Å². The Labute approximate surface area is 226 Å². The minimum absolute atomic E-state index is 0.108. The number of alkyl halides is 3. The van der Waals surface area contributed by atoms with Crippen molar-refractivity contribution in [1.82, 2.24) is 0 Å². The monoisotopic (exact) mass is 540 g/mol. The fourth-order valence-electron chi connectivity index (χ4n) is 3.91. The molecule has 0 atom stereocenters. The normalized spacial score (nSPS) is 11.0. The Morgan fingerprint density at radius 2 is 1.13 bits per heavy atom. The molecule has 206 valence electrons. The van der Waals surface area contributed by atoms with Crippen LogP contribution in [0.3, 0.4) is 0 Å². The lowest BCUT2D eigenvalue weighted by Gasteiger charge is -2.14. The van der Waals surface area contributed by atoms with Gasteiger partial charge in [0.15, 0.2) is 0 Å². The molecule has 0 radical (unpaired) electrons. The first-order chi connectivity index (χ1) is 18.3. The second-order valence-corrected chi connectivity index (χ2v) is 9.30. The van der Waals surface area contributed by atoms with E-state index in [1.807, 2.05) is 45.9 Å². The summed E-state index contributed by atoms with van der Waals surface area (Å²) in [5.41, 5.74) is 17.1. The second-order valence-electron chi connectivity index (χ2n) is 9.30. The first-order valence-electron chi connectivity index (χ1n) is 12.2. The highest BCUT2D eigenvalue weighted by molar-refractivity contribution is 5.56. The van der Waals surface area contributed by atoms with E-state index < -0.39 is 11.7 Å². The van der Waals surface area contributed by atoms with Crippen molar-refractivity contribution in [3.05, 3.63) is 118 Å². The summed E-state index contributed by atoms with van der Waals surface area (Å²) >= 11 is 0. The van der Waals surface area contributed by atoms with E-state index in [-0.39, 0.29) is 18.0 Å². The van der Waals surface area contributed by atoms with Gasteiger partial charge in [-0.3, -0.25) is 0 Å². The molecule has 0 heterocycles. The zero-order chi connectivity index (χ0) is 28.7. The second kappa shape index (κ2) is 12.6. The number of halogens is 4. The van der Waals surface area contributed by atoms with Gasteiger partial charge in [-0.25, -0.2) is 4.39 Å². The number of rotatable bonds is 6. The highest BCUT2D eigenvalue weighted by Gasteiger charge is 2.33. The minimum atomic E-state index is -4.38. The highest BCUT2D eigenvalue weighted by atomic mass is 19.4. The maximum Gasteiger partial charge on any atom is 0.416 e. The molecule has 4 nitrogen and oxygen atoms in total. The summed E-state index contributed by atoms with van der Waals surface area (Å²) < 4.78 is 62.8. The number of nitrogens with two attached hydrogens (primary N) is 2. The molecule has 4 N–H and O–H groups in total. The molecule has 4 aromatic rings. The predicted molar refractivity (Wildman–Crippen MR) is 147 cm³/mol. The van der Waals surface area contributed by atoms with Crippen molar-refractivity contribution in [2.75, 3.05) is 11.5 Å². The average molecular weight is 541 g/mol. The number of hydrogen-bond acceptors (Lipinski definition) is 4. The molecular weight excluding hydrogens is 508 g/mol. The first-order valence-corrected chi connectivity index (χ1v) is 12.2. The van der Waals surface area contributed by atoms with Crippen LogP contribution in [0.1, 0.15) is 38.9 Å². The Bertz CT molecular complexity index is 1390. The van der Waals surface area contributed by atoms with Crippen LogP contribution in [0.2, 0.25) is 0 Å². The van der Waals surface area contributed by atoms with Crippen molar-refractivity contribution >= 4 is 11.4 Å². The molecule has 0 aromatic heterocycles. The maximum absolute atomic E-state index is 13.0. The average Bonchev–Trinajstić information content (AvgIpc) is 2.88. The largest absolute Gasteiger partial charge is 0.489 e. The first kappa shape index (κ1) is 29.4. The fraction of sp³-hybridized carbons (Fsp3) is 0.226. The van der Waals surface area contributed by atoms with Crippen LogP contribution in [0.15, 0.2) is 72.8 Å². The van der Waals surface area contributed by atoms with E-state index in [1.54, 1.807) is 24.3 Å². The molecular formula is C31H32F4N2O2. The Balaban J connectivity index is 0.000000218. The molecule has 0 amide bonds. The van der Waals surface area contributed by atoms with Gasteiger partial charge in [0.25, 0.3) is 0 Å². The van der Waals surface area contributed by atoms with E-state index in [1.165, 1.54) is 24.3 Å². The molecule has 0 aliphatic heterocycles. The topological polar surface area (TPSA) is 70.5 Å². The zero-order valence-corrected chi connectivity index (χ0v) is 22.3. The lowest BCUT2D eigenvalue weighted by molar-refractivity contribution is -0.138. The summed E-state index contributed by atoms with van der Waals surface area (Å²) in [6, 6.07) is 19.0. The standard InChI is InChI=1S/C16H16F3NO.C15H16FNO/c1-10-7-13(8-11(2)15(10)20)21-9-12-5-3-4-6-14(12)16(17,18)19;1-10-6-14(7-11(2)15(10)17)18-9-12-4-3-5-13(16)8-12/h3-8H,9,20H2,1-2H3;3-8H,9,17H2,1-2H3. The molecule has 0 unspecified atom stereocenters.